The van der Waals surface area contributed by atoms with E-state index in [1.54, 1.807) is 12.1 Å². The zero-order valence-corrected chi connectivity index (χ0v) is 17.2. The Morgan fingerprint density at radius 2 is 1.54 bits per heavy atom. The van der Waals surface area contributed by atoms with Gasteiger partial charge in [-0.3, -0.25) is 4.79 Å². The molecule has 0 aliphatic heterocycles. The van der Waals surface area contributed by atoms with Gasteiger partial charge in [0, 0.05) is 5.56 Å². The van der Waals surface area contributed by atoms with Gasteiger partial charge in [0.25, 0.3) is 0 Å². The predicted octanol–water partition coefficient (Wildman–Crippen LogP) is 4.64. The van der Waals surface area contributed by atoms with Crippen molar-refractivity contribution >= 4 is 17.0 Å². The van der Waals surface area contributed by atoms with Crippen molar-refractivity contribution in [3.63, 3.8) is 0 Å². The molecule has 2 aromatic carbocycles. The predicted molar refractivity (Wildman–Crippen MR) is 109 cm³/mol. The Bertz CT molecular complexity index is 1010. The summed E-state index contributed by atoms with van der Waals surface area (Å²) in [4.78, 5) is 13.5. The number of carbonyl (C=O) groups is 1. The number of hydrogen-bond donors (Lipinski definition) is 2. The van der Waals surface area contributed by atoms with Gasteiger partial charge in [-0.2, -0.15) is 0 Å². The first-order valence-corrected chi connectivity index (χ1v) is 9.32. The van der Waals surface area contributed by atoms with E-state index in [-0.39, 0.29) is 11.2 Å². The lowest BCUT2D eigenvalue weighted by molar-refractivity contribution is -0.141. The van der Waals surface area contributed by atoms with E-state index in [9.17, 15) is 15.0 Å². The lowest BCUT2D eigenvalue weighted by Gasteiger charge is -2.30. The van der Waals surface area contributed by atoms with Crippen LogP contribution in [0.1, 0.15) is 58.6 Å². The summed E-state index contributed by atoms with van der Waals surface area (Å²) < 4.78 is 0. The van der Waals surface area contributed by atoms with Crippen molar-refractivity contribution in [2.45, 2.75) is 52.9 Å². The smallest absolute Gasteiger partial charge is 0.311 e. The molecule has 1 aromatic heterocycles. The molecule has 0 saturated heterocycles. The average Bonchev–Trinajstić information content (AvgIpc) is 2.97. The first-order chi connectivity index (χ1) is 12.9. The average molecular weight is 381 g/mol. The van der Waals surface area contributed by atoms with Gasteiger partial charge in [0.2, 0.25) is 0 Å². The Morgan fingerprint density at radius 1 is 1.00 bits per heavy atom. The lowest BCUT2D eigenvalue weighted by atomic mass is 9.74. The molecule has 0 aliphatic carbocycles. The molecule has 0 radical (unpaired) electrons. The standard InChI is InChI=1S/C22H27N3O3/c1-21(2,3)14-11-13(18(20(27)28)22(4,5)6)12-17(19(14)26)25-23-15-9-7-8-10-16(15)24-25/h7-12,18,26H,1-6H3,(H,27,28). The molecule has 1 atom stereocenters. The van der Waals surface area contributed by atoms with Gasteiger partial charge in [-0.15, -0.1) is 15.0 Å². The van der Waals surface area contributed by atoms with Gasteiger partial charge < -0.3 is 10.2 Å². The fourth-order valence-corrected chi connectivity index (χ4v) is 3.51. The van der Waals surface area contributed by atoms with Crippen LogP contribution in [0.2, 0.25) is 0 Å². The number of carboxylic acids is 1. The number of carboxylic acid groups (broad SMARTS) is 1. The number of phenolic OH excluding ortho intramolecular Hbond substituents is 1. The van der Waals surface area contributed by atoms with Crippen LogP contribution in [-0.2, 0) is 10.2 Å². The third-order valence-electron chi connectivity index (χ3n) is 4.87. The topological polar surface area (TPSA) is 88.2 Å². The molecular weight excluding hydrogens is 354 g/mol. The number of benzene rings is 2. The molecule has 0 bridgehead atoms. The summed E-state index contributed by atoms with van der Waals surface area (Å²) in [6.45, 7) is 11.6. The van der Waals surface area contributed by atoms with Crippen LogP contribution in [0, 0.1) is 5.41 Å². The quantitative estimate of drug-likeness (QED) is 0.690. The molecule has 0 aliphatic rings. The molecule has 6 heteroatoms. The van der Waals surface area contributed by atoms with Crippen molar-refractivity contribution in [3.05, 3.63) is 47.5 Å². The highest BCUT2D eigenvalue weighted by Gasteiger charge is 2.35. The minimum atomic E-state index is -0.900. The van der Waals surface area contributed by atoms with Gasteiger partial charge in [0.1, 0.15) is 22.5 Å². The number of aromatic nitrogens is 3. The van der Waals surface area contributed by atoms with Crippen molar-refractivity contribution in [2.75, 3.05) is 0 Å². The zero-order chi connectivity index (χ0) is 20.9. The molecule has 3 rings (SSSR count). The largest absolute Gasteiger partial charge is 0.505 e. The van der Waals surface area contributed by atoms with Gasteiger partial charge in [-0.25, -0.2) is 0 Å². The summed E-state index contributed by atoms with van der Waals surface area (Å²) in [5, 5.41) is 29.8. The molecule has 0 spiro atoms. The van der Waals surface area contributed by atoms with Gasteiger partial charge in [0.05, 0.1) is 5.92 Å². The van der Waals surface area contributed by atoms with E-state index in [1.165, 1.54) is 4.80 Å². The molecule has 1 unspecified atom stereocenters. The molecule has 2 N–H and O–H groups in total. The highest BCUT2D eigenvalue weighted by atomic mass is 16.4. The fraction of sp³-hybridized carbons (Fsp3) is 0.409. The minimum Gasteiger partial charge on any atom is -0.505 e. The van der Waals surface area contributed by atoms with E-state index in [0.29, 0.717) is 27.8 Å². The van der Waals surface area contributed by atoms with Crippen LogP contribution in [0.4, 0.5) is 0 Å². The maximum Gasteiger partial charge on any atom is 0.311 e. The number of phenols is 1. The summed E-state index contributed by atoms with van der Waals surface area (Å²) >= 11 is 0. The molecular formula is C22H27N3O3. The van der Waals surface area contributed by atoms with Crippen molar-refractivity contribution < 1.29 is 15.0 Å². The highest BCUT2D eigenvalue weighted by molar-refractivity contribution is 5.78. The zero-order valence-electron chi connectivity index (χ0n) is 17.2. The Kier molecular flexibility index (Phi) is 4.69. The monoisotopic (exact) mass is 381 g/mol. The van der Waals surface area contributed by atoms with Gasteiger partial charge >= 0.3 is 5.97 Å². The van der Waals surface area contributed by atoms with Crippen molar-refractivity contribution in [1.82, 2.24) is 15.0 Å². The van der Waals surface area contributed by atoms with Crippen molar-refractivity contribution in [2.24, 2.45) is 5.41 Å². The molecule has 6 nitrogen and oxygen atoms in total. The minimum absolute atomic E-state index is 0.0644. The normalized spacial score (nSPS) is 13.6. The van der Waals surface area contributed by atoms with Crippen LogP contribution < -0.4 is 0 Å². The Balaban J connectivity index is 2.31. The first-order valence-electron chi connectivity index (χ1n) is 9.32. The van der Waals surface area contributed by atoms with E-state index in [0.717, 1.165) is 0 Å². The second-order valence-electron chi connectivity index (χ2n) is 9.30. The van der Waals surface area contributed by atoms with Gasteiger partial charge in [0.15, 0.2) is 0 Å². The van der Waals surface area contributed by atoms with Crippen LogP contribution in [-0.4, -0.2) is 31.2 Å². The van der Waals surface area contributed by atoms with Crippen molar-refractivity contribution in [1.29, 1.82) is 0 Å². The summed E-state index contributed by atoms with van der Waals surface area (Å²) in [6, 6.07) is 10.9. The number of aromatic hydroxyl groups is 1. The molecule has 148 valence electrons. The third kappa shape index (κ3) is 3.59. The first kappa shape index (κ1) is 19.9. The van der Waals surface area contributed by atoms with E-state index < -0.39 is 17.3 Å². The lowest BCUT2D eigenvalue weighted by Crippen LogP contribution is -2.27. The Morgan fingerprint density at radius 3 is 1.96 bits per heavy atom. The molecule has 0 amide bonds. The summed E-state index contributed by atoms with van der Waals surface area (Å²) in [7, 11) is 0. The van der Waals surface area contributed by atoms with Crippen molar-refractivity contribution in [3.8, 4) is 11.4 Å². The molecule has 0 saturated carbocycles. The molecule has 1 heterocycles. The van der Waals surface area contributed by atoms with Crippen LogP contribution in [0.25, 0.3) is 16.7 Å². The SMILES string of the molecule is CC(C)(C)c1cc(C(C(=O)O)C(C)(C)C)cc(-n2nc3ccccc3n2)c1O. The molecule has 28 heavy (non-hydrogen) atoms. The summed E-state index contributed by atoms with van der Waals surface area (Å²) in [5.74, 6) is -1.57. The summed E-state index contributed by atoms with van der Waals surface area (Å²) in [6.07, 6.45) is 0. The maximum absolute atomic E-state index is 12.1. The Hall–Kier alpha value is -2.89. The highest BCUT2D eigenvalue weighted by Crippen LogP contribution is 2.42. The second kappa shape index (κ2) is 6.62. The molecule has 0 fully saturated rings. The maximum atomic E-state index is 12.1. The van der Waals surface area contributed by atoms with Crippen LogP contribution in [0.15, 0.2) is 36.4 Å². The van der Waals surface area contributed by atoms with E-state index in [2.05, 4.69) is 10.2 Å². The second-order valence-corrected chi connectivity index (χ2v) is 9.30. The van der Waals surface area contributed by atoms with Crippen LogP contribution in [0.3, 0.4) is 0 Å². The number of rotatable bonds is 3. The van der Waals surface area contributed by atoms with E-state index in [1.807, 2.05) is 65.8 Å². The van der Waals surface area contributed by atoms with Gasteiger partial charge in [-0.05, 0) is 34.6 Å². The number of aliphatic carboxylic acids is 1. The summed E-state index contributed by atoms with van der Waals surface area (Å²) in [5.41, 5.74) is 2.19. The van der Waals surface area contributed by atoms with E-state index >= 15 is 0 Å². The fourth-order valence-electron chi connectivity index (χ4n) is 3.51. The number of fused-ring (bicyclic) bond motifs is 1. The Labute approximate surface area is 164 Å². The number of nitrogens with zero attached hydrogens (tertiary/aromatic N) is 3. The van der Waals surface area contributed by atoms with Gasteiger partial charge in [-0.1, -0.05) is 59.7 Å². The van der Waals surface area contributed by atoms with Crippen LogP contribution in [0.5, 0.6) is 5.75 Å². The van der Waals surface area contributed by atoms with E-state index in [4.69, 9.17) is 0 Å². The third-order valence-corrected chi connectivity index (χ3v) is 4.87. The van der Waals surface area contributed by atoms with Crippen LogP contribution >= 0.6 is 0 Å². The molecule has 3 aromatic rings. The number of hydrogen-bond acceptors (Lipinski definition) is 4.